The van der Waals surface area contributed by atoms with Crippen molar-refractivity contribution >= 4 is 28.8 Å². The summed E-state index contributed by atoms with van der Waals surface area (Å²) in [6, 6.07) is 8.82. The molecule has 9 heteroatoms. The summed E-state index contributed by atoms with van der Waals surface area (Å²) in [6.07, 6.45) is 1.25. The van der Waals surface area contributed by atoms with E-state index in [1.165, 1.54) is 11.3 Å². The first-order valence-corrected chi connectivity index (χ1v) is 10.0. The maximum absolute atomic E-state index is 12.6. The van der Waals surface area contributed by atoms with E-state index in [1.54, 1.807) is 37.1 Å². The molecule has 1 aromatic carbocycles. The van der Waals surface area contributed by atoms with Crippen LogP contribution in [0.3, 0.4) is 0 Å². The molecular formula is C20H20N4O4S. The Hall–Kier alpha value is -3.20. The second-order valence-electron chi connectivity index (χ2n) is 6.69. The quantitative estimate of drug-likeness (QED) is 0.708. The van der Waals surface area contributed by atoms with Crippen molar-refractivity contribution in [2.24, 2.45) is 0 Å². The number of carbonyl (C=O) groups is 2. The van der Waals surface area contributed by atoms with E-state index in [4.69, 9.17) is 9.26 Å². The molecule has 3 heterocycles. The molecule has 0 aliphatic carbocycles. The van der Waals surface area contributed by atoms with Crippen LogP contribution in [0.1, 0.15) is 36.6 Å². The number of methoxy groups -OCH3 is 1. The number of nitrogens with zero attached hydrogens (tertiary/aromatic N) is 3. The van der Waals surface area contributed by atoms with Crippen molar-refractivity contribution in [1.29, 1.82) is 0 Å². The van der Waals surface area contributed by atoms with Crippen LogP contribution in [-0.2, 0) is 12.8 Å². The first kappa shape index (κ1) is 19.1. The lowest BCUT2D eigenvalue weighted by Gasteiger charge is -2.18. The minimum atomic E-state index is -0.248. The van der Waals surface area contributed by atoms with Gasteiger partial charge in [0.2, 0.25) is 0 Å². The van der Waals surface area contributed by atoms with Gasteiger partial charge in [-0.3, -0.25) is 9.59 Å². The van der Waals surface area contributed by atoms with Gasteiger partial charge in [-0.15, -0.1) is 11.3 Å². The lowest BCUT2D eigenvalue weighted by atomic mass is 10.2. The highest BCUT2D eigenvalue weighted by atomic mass is 32.1. The number of aromatic nitrogens is 2. The van der Waals surface area contributed by atoms with Crippen molar-refractivity contribution in [3.63, 3.8) is 0 Å². The zero-order valence-corrected chi connectivity index (χ0v) is 16.9. The molecule has 1 N–H and O–H groups in total. The summed E-state index contributed by atoms with van der Waals surface area (Å²) < 4.78 is 10.2. The fraction of sp³-hybridized carbons (Fsp3) is 0.300. The third-order valence-corrected chi connectivity index (χ3v) is 5.82. The largest absolute Gasteiger partial charge is 0.497 e. The Bertz CT molecular complexity index is 1030. The molecule has 1 aliphatic heterocycles. The van der Waals surface area contributed by atoms with E-state index in [1.807, 2.05) is 12.1 Å². The standard InChI is InChI=1S/C20H20N4O4S/c1-12-10-16(23-28-12)20(26)24-8-6-15-17(7-9-24)29-19(22-15)18(25)21-13-4-3-5-14(11-13)27-2/h3-5,10-11H,6-9H2,1-2H3,(H,21,25). The van der Waals surface area contributed by atoms with Gasteiger partial charge in [0.25, 0.3) is 11.8 Å². The molecule has 4 rings (SSSR count). The van der Waals surface area contributed by atoms with E-state index in [0.717, 1.165) is 10.6 Å². The third kappa shape index (κ3) is 4.14. The summed E-state index contributed by atoms with van der Waals surface area (Å²) in [6.45, 7) is 2.83. The minimum Gasteiger partial charge on any atom is -0.497 e. The predicted octanol–water partition coefficient (Wildman–Crippen LogP) is 2.94. The van der Waals surface area contributed by atoms with Crippen molar-refractivity contribution in [1.82, 2.24) is 15.0 Å². The first-order chi connectivity index (χ1) is 14.0. The Morgan fingerprint density at radius 2 is 2.07 bits per heavy atom. The van der Waals surface area contributed by atoms with Gasteiger partial charge in [0.1, 0.15) is 11.5 Å². The molecule has 0 saturated heterocycles. The highest BCUT2D eigenvalue weighted by Gasteiger charge is 2.25. The maximum atomic E-state index is 12.6. The molecule has 8 nitrogen and oxygen atoms in total. The number of hydrogen-bond acceptors (Lipinski definition) is 7. The van der Waals surface area contributed by atoms with E-state index in [0.29, 0.717) is 53.8 Å². The van der Waals surface area contributed by atoms with Gasteiger partial charge < -0.3 is 19.5 Å². The monoisotopic (exact) mass is 412 g/mol. The SMILES string of the molecule is COc1cccc(NC(=O)c2nc3c(s2)CCN(C(=O)c2cc(C)on2)CC3)c1. The van der Waals surface area contributed by atoms with Crippen LogP contribution < -0.4 is 10.1 Å². The van der Waals surface area contributed by atoms with Crippen LogP contribution in [0.25, 0.3) is 0 Å². The number of nitrogens with one attached hydrogen (secondary N) is 1. The minimum absolute atomic E-state index is 0.145. The molecule has 29 heavy (non-hydrogen) atoms. The Morgan fingerprint density at radius 1 is 1.24 bits per heavy atom. The van der Waals surface area contributed by atoms with Gasteiger partial charge in [-0.2, -0.15) is 0 Å². The van der Waals surface area contributed by atoms with E-state index in [9.17, 15) is 9.59 Å². The Labute approximate surface area is 171 Å². The Balaban J connectivity index is 1.43. The molecule has 0 unspecified atom stereocenters. The van der Waals surface area contributed by atoms with Crippen molar-refractivity contribution in [3.8, 4) is 5.75 Å². The van der Waals surface area contributed by atoms with Crippen molar-refractivity contribution in [3.05, 3.63) is 57.4 Å². The van der Waals surface area contributed by atoms with Crippen molar-refractivity contribution < 1.29 is 18.8 Å². The van der Waals surface area contributed by atoms with Crippen LogP contribution in [0, 0.1) is 6.92 Å². The molecule has 2 amide bonds. The zero-order valence-electron chi connectivity index (χ0n) is 16.1. The molecule has 150 valence electrons. The van der Waals surface area contributed by atoms with Crippen molar-refractivity contribution in [2.45, 2.75) is 19.8 Å². The van der Waals surface area contributed by atoms with E-state index < -0.39 is 0 Å². The van der Waals surface area contributed by atoms with Gasteiger partial charge in [-0.25, -0.2) is 4.98 Å². The zero-order chi connectivity index (χ0) is 20.4. The molecular weight excluding hydrogens is 392 g/mol. The lowest BCUT2D eigenvalue weighted by molar-refractivity contribution is 0.0752. The average molecular weight is 412 g/mol. The number of rotatable bonds is 4. The number of carbonyl (C=O) groups excluding carboxylic acids is 2. The number of thiazole rings is 1. The van der Waals surface area contributed by atoms with Gasteiger partial charge in [0, 0.05) is 48.6 Å². The van der Waals surface area contributed by atoms with Crippen LogP contribution >= 0.6 is 11.3 Å². The molecule has 0 saturated carbocycles. The average Bonchev–Trinajstić information content (AvgIpc) is 3.29. The molecule has 0 radical (unpaired) electrons. The third-order valence-electron chi connectivity index (χ3n) is 4.66. The number of benzene rings is 1. The van der Waals surface area contributed by atoms with E-state index >= 15 is 0 Å². The van der Waals surface area contributed by atoms with Crippen LogP contribution in [-0.4, -0.2) is 47.1 Å². The normalized spacial score (nSPS) is 13.5. The number of ether oxygens (including phenoxy) is 1. The van der Waals surface area contributed by atoms with E-state index in [-0.39, 0.29) is 11.8 Å². The number of anilines is 1. The topological polar surface area (TPSA) is 97.6 Å². The predicted molar refractivity (Wildman–Crippen MR) is 108 cm³/mol. The molecule has 0 spiro atoms. The Morgan fingerprint density at radius 3 is 2.83 bits per heavy atom. The number of amides is 2. The van der Waals surface area contributed by atoms with Gasteiger partial charge in [0.05, 0.1) is 12.8 Å². The molecule has 0 fully saturated rings. The summed E-state index contributed by atoms with van der Waals surface area (Å²) in [4.78, 5) is 32.5. The summed E-state index contributed by atoms with van der Waals surface area (Å²) in [5.41, 5.74) is 1.84. The van der Waals surface area contributed by atoms with Crippen LogP contribution in [0.15, 0.2) is 34.9 Å². The van der Waals surface area contributed by atoms with Gasteiger partial charge in [0.15, 0.2) is 10.7 Å². The molecule has 3 aromatic rings. The van der Waals surface area contributed by atoms with Crippen LogP contribution in [0.4, 0.5) is 5.69 Å². The highest BCUT2D eigenvalue weighted by molar-refractivity contribution is 7.13. The lowest BCUT2D eigenvalue weighted by Crippen LogP contribution is -2.33. The van der Waals surface area contributed by atoms with Crippen molar-refractivity contribution in [2.75, 3.05) is 25.5 Å². The number of hydrogen-bond donors (Lipinski definition) is 1. The highest BCUT2D eigenvalue weighted by Crippen LogP contribution is 2.25. The number of fused-ring (bicyclic) bond motifs is 1. The van der Waals surface area contributed by atoms with Gasteiger partial charge >= 0.3 is 0 Å². The second kappa shape index (κ2) is 8.04. The molecule has 2 aromatic heterocycles. The van der Waals surface area contributed by atoms with Crippen LogP contribution in [0.2, 0.25) is 0 Å². The number of aryl methyl sites for hydroxylation is 1. The Kier molecular flexibility index (Phi) is 5.30. The summed E-state index contributed by atoms with van der Waals surface area (Å²) in [7, 11) is 1.58. The fourth-order valence-corrected chi connectivity index (χ4v) is 4.17. The van der Waals surface area contributed by atoms with Gasteiger partial charge in [-0.1, -0.05) is 11.2 Å². The van der Waals surface area contributed by atoms with Gasteiger partial charge in [-0.05, 0) is 19.1 Å². The smallest absolute Gasteiger partial charge is 0.284 e. The summed E-state index contributed by atoms with van der Waals surface area (Å²) >= 11 is 1.37. The fourth-order valence-electron chi connectivity index (χ4n) is 3.18. The summed E-state index contributed by atoms with van der Waals surface area (Å²) in [5, 5.41) is 7.08. The van der Waals surface area contributed by atoms with Crippen LogP contribution in [0.5, 0.6) is 5.75 Å². The maximum Gasteiger partial charge on any atom is 0.284 e. The summed E-state index contributed by atoms with van der Waals surface area (Å²) in [5.74, 6) is 0.885. The van der Waals surface area contributed by atoms with E-state index in [2.05, 4.69) is 15.5 Å². The molecule has 0 bridgehead atoms. The first-order valence-electron chi connectivity index (χ1n) is 9.20. The molecule has 0 atom stereocenters. The molecule has 1 aliphatic rings. The second-order valence-corrected chi connectivity index (χ2v) is 7.77.